The summed E-state index contributed by atoms with van der Waals surface area (Å²) in [6.45, 7) is 0.124. The lowest BCUT2D eigenvalue weighted by Crippen LogP contribution is -2.24. The molecule has 25 heavy (non-hydrogen) atoms. The first-order valence-electron chi connectivity index (χ1n) is 7.60. The summed E-state index contributed by atoms with van der Waals surface area (Å²) in [4.78, 5) is 13.5. The van der Waals surface area contributed by atoms with Crippen molar-refractivity contribution < 1.29 is 18.7 Å². The molecule has 128 valence electrons. The molecule has 3 rings (SSSR count). The summed E-state index contributed by atoms with van der Waals surface area (Å²) in [7, 11) is 0. The highest BCUT2D eigenvalue weighted by Crippen LogP contribution is 2.28. The Bertz CT molecular complexity index is 860. The van der Waals surface area contributed by atoms with Gasteiger partial charge in [-0.1, -0.05) is 36.4 Å². The Morgan fingerprint density at radius 2 is 1.68 bits per heavy atom. The fourth-order valence-corrected chi connectivity index (χ4v) is 3.37. The van der Waals surface area contributed by atoms with Crippen molar-refractivity contribution in [1.82, 2.24) is 5.32 Å². The van der Waals surface area contributed by atoms with Crippen LogP contribution < -0.4 is 5.32 Å². The molecular weight excluding hydrogens is 344 g/mol. The minimum absolute atomic E-state index is 0.124. The minimum Gasteiger partial charge on any atom is -0.383 e. The number of aliphatic hydroxyl groups is 1. The van der Waals surface area contributed by atoms with E-state index in [-0.39, 0.29) is 6.54 Å². The quantitative estimate of drug-likeness (QED) is 0.722. The highest BCUT2D eigenvalue weighted by Gasteiger charge is 2.17. The second kappa shape index (κ2) is 7.55. The van der Waals surface area contributed by atoms with Crippen molar-refractivity contribution in [2.45, 2.75) is 12.6 Å². The molecule has 6 heteroatoms. The van der Waals surface area contributed by atoms with Crippen molar-refractivity contribution in [3.05, 3.63) is 93.2 Å². The van der Waals surface area contributed by atoms with Gasteiger partial charge in [-0.3, -0.25) is 4.79 Å². The summed E-state index contributed by atoms with van der Waals surface area (Å²) in [6.07, 6.45) is -0.750. The Morgan fingerprint density at radius 1 is 1.00 bits per heavy atom. The number of rotatable bonds is 5. The number of benzene rings is 2. The number of carbonyl (C=O) groups excluding carboxylic acids is 1. The molecule has 0 aliphatic carbocycles. The molecule has 1 atom stereocenters. The minimum atomic E-state index is -0.899. The van der Waals surface area contributed by atoms with Crippen LogP contribution in [0.3, 0.4) is 0 Å². The second-order valence-corrected chi connectivity index (χ2v) is 6.60. The van der Waals surface area contributed by atoms with Crippen LogP contribution in [0.25, 0.3) is 0 Å². The summed E-state index contributed by atoms with van der Waals surface area (Å²) >= 11 is 1.33. The molecule has 0 saturated carbocycles. The predicted molar refractivity (Wildman–Crippen MR) is 92.4 cm³/mol. The van der Waals surface area contributed by atoms with Crippen LogP contribution in [0.2, 0.25) is 0 Å². The molecule has 3 aromatic rings. The van der Waals surface area contributed by atoms with Gasteiger partial charge in [0.1, 0.15) is 23.3 Å². The van der Waals surface area contributed by atoms with E-state index in [1.54, 1.807) is 12.1 Å². The van der Waals surface area contributed by atoms with Gasteiger partial charge in [-0.05, 0) is 29.8 Å². The molecule has 2 N–H and O–H groups in total. The summed E-state index contributed by atoms with van der Waals surface area (Å²) < 4.78 is 27.2. The van der Waals surface area contributed by atoms with Gasteiger partial charge in [-0.25, -0.2) is 8.78 Å². The zero-order chi connectivity index (χ0) is 17.8. The predicted octanol–water partition coefficient (Wildman–Crippen LogP) is 4.04. The van der Waals surface area contributed by atoms with Crippen LogP contribution in [-0.2, 0) is 6.54 Å². The molecule has 0 saturated heterocycles. The van der Waals surface area contributed by atoms with Gasteiger partial charge in [0.2, 0.25) is 0 Å². The summed E-state index contributed by atoms with van der Waals surface area (Å²) in [5.74, 6) is -2.61. The van der Waals surface area contributed by atoms with Crippen LogP contribution >= 0.6 is 11.3 Å². The maximum absolute atomic E-state index is 13.6. The number of carbonyl (C=O) groups is 1. The molecule has 1 amide bonds. The molecule has 1 unspecified atom stereocenters. The summed E-state index contributed by atoms with van der Waals surface area (Å²) in [6, 6.07) is 16.0. The third-order valence-electron chi connectivity index (χ3n) is 3.68. The van der Waals surface area contributed by atoms with Gasteiger partial charge in [0.15, 0.2) is 0 Å². The van der Waals surface area contributed by atoms with Crippen molar-refractivity contribution in [3.63, 3.8) is 0 Å². The number of halogens is 2. The normalized spacial score (nSPS) is 12.0. The van der Waals surface area contributed by atoms with Gasteiger partial charge < -0.3 is 10.4 Å². The molecule has 0 aliphatic heterocycles. The van der Waals surface area contributed by atoms with Crippen molar-refractivity contribution in [1.29, 1.82) is 0 Å². The Morgan fingerprint density at radius 3 is 2.36 bits per heavy atom. The van der Waals surface area contributed by atoms with Crippen LogP contribution in [-0.4, -0.2) is 11.0 Å². The lowest BCUT2D eigenvalue weighted by Gasteiger charge is -2.08. The van der Waals surface area contributed by atoms with Gasteiger partial charge in [-0.15, -0.1) is 11.3 Å². The largest absolute Gasteiger partial charge is 0.383 e. The number of amides is 1. The maximum Gasteiger partial charge on any atom is 0.257 e. The van der Waals surface area contributed by atoms with Crippen LogP contribution in [0.15, 0.2) is 60.7 Å². The van der Waals surface area contributed by atoms with E-state index in [1.165, 1.54) is 17.4 Å². The van der Waals surface area contributed by atoms with E-state index in [2.05, 4.69) is 5.32 Å². The van der Waals surface area contributed by atoms with E-state index in [0.717, 1.165) is 27.5 Å². The lowest BCUT2D eigenvalue weighted by atomic mass is 10.1. The van der Waals surface area contributed by atoms with Crippen molar-refractivity contribution in [2.24, 2.45) is 0 Å². The average molecular weight is 359 g/mol. The zero-order valence-corrected chi connectivity index (χ0v) is 13.9. The fraction of sp³-hybridized carbons (Fsp3) is 0.105. The molecule has 0 fully saturated rings. The summed E-state index contributed by atoms with van der Waals surface area (Å²) in [5.41, 5.74) is 0.178. The Balaban J connectivity index is 1.67. The Hall–Kier alpha value is -2.57. The first-order chi connectivity index (χ1) is 12.1. The number of hydrogen-bond acceptors (Lipinski definition) is 3. The topological polar surface area (TPSA) is 49.3 Å². The third-order valence-corrected chi connectivity index (χ3v) is 4.82. The highest BCUT2D eigenvalue weighted by atomic mass is 32.1. The molecule has 1 heterocycles. The fourth-order valence-electron chi connectivity index (χ4n) is 2.41. The van der Waals surface area contributed by atoms with E-state index in [9.17, 15) is 18.7 Å². The smallest absolute Gasteiger partial charge is 0.257 e. The van der Waals surface area contributed by atoms with Gasteiger partial charge in [0.05, 0.1) is 6.54 Å². The first-order valence-corrected chi connectivity index (χ1v) is 8.41. The second-order valence-electron chi connectivity index (χ2n) is 5.40. The van der Waals surface area contributed by atoms with E-state index in [4.69, 9.17) is 0 Å². The van der Waals surface area contributed by atoms with E-state index < -0.39 is 29.2 Å². The summed E-state index contributed by atoms with van der Waals surface area (Å²) in [5, 5.41) is 12.9. The first kappa shape index (κ1) is 17.3. The molecule has 0 bridgehead atoms. The third kappa shape index (κ3) is 3.92. The van der Waals surface area contributed by atoms with Crippen LogP contribution in [0, 0.1) is 11.6 Å². The van der Waals surface area contributed by atoms with Gasteiger partial charge >= 0.3 is 0 Å². The maximum atomic E-state index is 13.6. The monoisotopic (exact) mass is 359 g/mol. The van der Waals surface area contributed by atoms with E-state index >= 15 is 0 Å². The molecule has 0 spiro atoms. The van der Waals surface area contributed by atoms with Crippen LogP contribution in [0.4, 0.5) is 8.78 Å². The number of aliphatic hydroxyl groups excluding tert-OH is 1. The van der Waals surface area contributed by atoms with Crippen molar-refractivity contribution >= 4 is 17.2 Å². The number of nitrogens with one attached hydrogen (secondary N) is 1. The average Bonchev–Trinajstić information content (AvgIpc) is 3.09. The SMILES string of the molecule is O=C(NCc1ccc(C(O)c2ccccc2)s1)c1c(F)cccc1F. The lowest BCUT2D eigenvalue weighted by molar-refractivity contribution is 0.0943. The molecular formula is C19H15F2NO2S. The Kier molecular flexibility index (Phi) is 5.21. The van der Waals surface area contributed by atoms with Crippen LogP contribution in [0.5, 0.6) is 0 Å². The highest BCUT2D eigenvalue weighted by molar-refractivity contribution is 7.12. The van der Waals surface area contributed by atoms with Gasteiger partial charge in [-0.2, -0.15) is 0 Å². The van der Waals surface area contributed by atoms with Crippen molar-refractivity contribution in [2.75, 3.05) is 0 Å². The van der Waals surface area contributed by atoms with E-state index in [1.807, 2.05) is 30.3 Å². The van der Waals surface area contributed by atoms with Crippen molar-refractivity contribution in [3.8, 4) is 0 Å². The van der Waals surface area contributed by atoms with Crippen LogP contribution in [0.1, 0.15) is 31.8 Å². The molecule has 2 aromatic carbocycles. The molecule has 1 aromatic heterocycles. The molecule has 0 aliphatic rings. The standard InChI is InChI=1S/C19H15F2NO2S/c20-14-7-4-8-15(21)17(14)19(24)22-11-13-9-10-16(25-13)18(23)12-5-2-1-3-6-12/h1-10,18,23H,11H2,(H,22,24). The Labute approximate surface area is 147 Å². The van der Waals surface area contributed by atoms with Gasteiger partial charge in [0.25, 0.3) is 5.91 Å². The zero-order valence-electron chi connectivity index (χ0n) is 13.1. The molecule has 0 radical (unpaired) electrons. The number of hydrogen-bond donors (Lipinski definition) is 2. The molecule has 3 nitrogen and oxygen atoms in total. The van der Waals surface area contributed by atoms with Gasteiger partial charge in [0, 0.05) is 9.75 Å². The number of thiophene rings is 1. The van der Waals surface area contributed by atoms with E-state index in [0.29, 0.717) is 0 Å².